The van der Waals surface area contributed by atoms with Crippen LogP contribution < -0.4 is 0 Å². The van der Waals surface area contributed by atoms with Crippen LogP contribution in [0.4, 0.5) is 0 Å². The zero-order chi connectivity index (χ0) is 14.4. The van der Waals surface area contributed by atoms with Crippen molar-refractivity contribution in [3.8, 4) is 0 Å². The molecule has 0 unspecified atom stereocenters. The van der Waals surface area contributed by atoms with Gasteiger partial charge in [-0.25, -0.2) is 15.0 Å². The number of hydrogen-bond acceptors (Lipinski definition) is 6. The summed E-state index contributed by atoms with van der Waals surface area (Å²) in [7, 11) is 0. The van der Waals surface area contributed by atoms with Gasteiger partial charge in [0.25, 0.3) is 0 Å². The molecule has 2 aromatic heterocycles. The maximum Gasteiger partial charge on any atom is 0.165 e. The van der Waals surface area contributed by atoms with Crippen molar-refractivity contribution in [2.24, 2.45) is 0 Å². The van der Waals surface area contributed by atoms with Crippen LogP contribution in [0.25, 0.3) is 11.2 Å². The maximum atomic E-state index is 6.07. The molecule has 5 rings (SSSR count). The van der Waals surface area contributed by atoms with Crippen molar-refractivity contribution in [2.75, 3.05) is 0 Å². The zero-order valence-electron chi connectivity index (χ0n) is 11.4. The summed E-state index contributed by atoms with van der Waals surface area (Å²) in [5.41, 5.74) is 1.29. The molecule has 110 valence electrons. The van der Waals surface area contributed by atoms with Gasteiger partial charge in [-0.15, -0.1) is 0 Å². The molecule has 0 spiro atoms. The summed E-state index contributed by atoms with van der Waals surface area (Å²) in [5.74, 6) is -0.590. The van der Waals surface area contributed by atoms with Gasteiger partial charge in [0.15, 0.2) is 16.6 Å². The Morgan fingerprint density at radius 3 is 2.76 bits per heavy atom. The maximum absolute atomic E-state index is 6.07. The SMILES string of the molecule is CC1(C)O[C@@H]2[C@H]3O[C@H]3[C@@H](n3cnc4c(Cl)ncnc43)[C@@H]2O1. The van der Waals surface area contributed by atoms with E-state index in [2.05, 4.69) is 15.0 Å². The minimum absolute atomic E-state index is 0.00209. The second-order valence-corrected chi connectivity index (χ2v) is 6.47. The molecule has 2 aliphatic heterocycles. The van der Waals surface area contributed by atoms with Crippen molar-refractivity contribution in [3.63, 3.8) is 0 Å². The Morgan fingerprint density at radius 2 is 1.90 bits per heavy atom. The van der Waals surface area contributed by atoms with Gasteiger partial charge in [-0.1, -0.05) is 11.6 Å². The fourth-order valence-corrected chi connectivity index (χ4v) is 3.73. The van der Waals surface area contributed by atoms with Crippen LogP contribution in [-0.2, 0) is 14.2 Å². The van der Waals surface area contributed by atoms with Gasteiger partial charge in [-0.2, -0.15) is 0 Å². The molecule has 1 saturated carbocycles. The van der Waals surface area contributed by atoms with E-state index in [9.17, 15) is 0 Å². The van der Waals surface area contributed by atoms with E-state index in [0.29, 0.717) is 16.3 Å². The summed E-state index contributed by atoms with van der Waals surface area (Å²) in [6.45, 7) is 3.84. The van der Waals surface area contributed by atoms with Crippen molar-refractivity contribution in [1.29, 1.82) is 0 Å². The van der Waals surface area contributed by atoms with Crippen LogP contribution in [-0.4, -0.2) is 49.7 Å². The fourth-order valence-electron chi connectivity index (χ4n) is 3.56. The molecule has 21 heavy (non-hydrogen) atoms. The van der Waals surface area contributed by atoms with Gasteiger partial charge < -0.3 is 18.8 Å². The number of halogens is 1. The molecule has 5 atom stereocenters. The Morgan fingerprint density at radius 1 is 1.10 bits per heavy atom. The smallest absolute Gasteiger partial charge is 0.165 e. The molecule has 7 nitrogen and oxygen atoms in total. The van der Waals surface area contributed by atoms with E-state index in [1.54, 1.807) is 6.33 Å². The summed E-state index contributed by atoms with van der Waals surface area (Å²) >= 11 is 6.07. The molecule has 0 aromatic carbocycles. The lowest BCUT2D eigenvalue weighted by atomic mass is 10.2. The minimum atomic E-state index is -0.590. The molecule has 2 saturated heterocycles. The van der Waals surface area contributed by atoms with Crippen molar-refractivity contribution in [3.05, 3.63) is 17.8 Å². The first-order chi connectivity index (χ1) is 10.1. The lowest BCUT2D eigenvalue weighted by Crippen LogP contribution is -2.31. The number of epoxide rings is 1. The predicted octanol–water partition coefficient (Wildman–Crippen LogP) is 1.32. The first kappa shape index (κ1) is 12.3. The summed E-state index contributed by atoms with van der Waals surface area (Å²) in [6.07, 6.45) is 3.25. The van der Waals surface area contributed by atoms with Gasteiger partial charge in [-0.3, -0.25) is 0 Å². The third-order valence-corrected chi connectivity index (χ3v) is 4.63. The Bertz CT molecular complexity index is 748. The summed E-state index contributed by atoms with van der Waals surface area (Å²) < 4.78 is 19.7. The quantitative estimate of drug-likeness (QED) is 0.584. The number of imidazole rings is 1. The highest BCUT2D eigenvalue weighted by atomic mass is 35.5. The van der Waals surface area contributed by atoms with Crippen LogP contribution >= 0.6 is 11.6 Å². The highest BCUT2D eigenvalue weighted by Crippen LogP contribution is 2.54. The van der Waals surface area contributed by atoms with Gasteiger partial charge in [-0.05, 0) is 13.8 Å². The van der Waals surface area contributed by atoms with Crippen LogP contribution in [0.1, 0.15) is 19.9 Å². The van der Waals surface area contributed by atoms with E-state index in [1.807, 2.05) is 18.4 Å². The number of hydrogen-bond donors (Lipinski definition) is 0. The largest absolute Gasteiger partial charge is 0.364 e. The van der Waals surface area contributed by atoms with Gasteiger partial charge >= 0.3 is 0 Å². The molecule has 0 radical (unpaired) electrons. The number of aromatic nitrogens is 4. The molecular formula is C13H13ClN4O3. The first-order valence-corrected chi connectivity index (χ1v) is 7.27. The Labute approximate surface area is 125 Å². The van der Waals surface area contributed by atoms with Crippen molar-refractivity contribution in [2.45, 2.75) is 50.1 Å². The topological polar surface area (TPSA) is 74.6 Å². The molecule has 0 N–H and O–H groups in total. The highest BCUT2D eigenvalue weighted by molar-refractivity contribution is 6.33. The zero-order valence-corrected chi connectivity index (χ0v) is 12.2. The summed E-state index contributed by atoms with van der Waals surface area (Å²) in [6, 6.07) is -0.00209. The third-order valence-electron chi connectivity index (χ3n) is 4.36. The third kappa shape index (κ3) is 1.57. The molecule has 2 aromatic rings. The fraction of sp³-hybridized carbons (Fsp3) is 0.615. The first-order valence-electron chi connectivity index (χ1n) is 6.89. The lowest BCUT2D eigenvalue weighted by molar-refractivity contribution is -0.152. The number of nitrogens with zero attached hydrogens (tertiary/aromatic N) is 4. The normalized spacial score (nSPS) is 39.5. The molecule has 1 aliphatic carbocycles. The Hall–Kier alpha value is -1.28. The van der Waals surface area contributed by atoms with Gasteiger partial charge in [0.05, 0.1) is 12.4 Å². The standard InChI is InChI=1S/C13H13ClN4O3/c1-13(2)20-8-6(7-9(19-7)10(8)21-13)18-4-17-5-11(14)15-3-16-12(5)18/h3-4,6-10H,1-2H3/t6-,7+,8+,9+,10+/m1/s1. The van der Waals surface area contributed by atoms with E-state index >= 15 is 0 Å². The molecule has 3 aliphatic rings. The molecule has 4 heterocycles. The van der Waals surface area contributed by atoms with Crippen LogP contribution in [0.2, 0.25) is 5.15 Å². The molecular weight excluding hydrogens is 296 g/mol. The number of fused-ring (bicyclic) bond motifs is 4. The van der Waals surface area contributed by atoms with Crippen molar-refractivity contribution < 1.29 is 14.2 Å². The predicted molar refractivity (Wildman–Crippen MR) is 71.9 cm³/mol. The summed E-state index contributed by atoms with van der Waals surface area (Å²) in [4.78, 5) is 12.6. The molecule has 8 heteroatoms. The highest BCUT2D eigenvalue weighted by Gasteiger charge is 2.68. The van der Waals surface area contributed by atoms with Gasteiger partial charge in [0, 0.05) is 0 Å². The van der Waals surface area contributed by atoms with E-state index in [4.69, 9.17) is 25.8 Å². The van der Waals surface area contributed by atoms with Crippen LogP contribution in [0.5, 0.6) is 0 Å². The van der Waals surface area contributed by atoms with Crippen LogP contribution in [0.3, 0.4) is 0 Å². The van der Waals surface area contributed by atoms with Gasteiger partial charge in [0.2, 0.25) is 0 Å². The Kier molecular flexibility index (Phi) is 2.18. The van der Waals surface area contributed by atoms with E-state index < -0.39 is 5.79 Å². The molecule has 0 amide bonds. The minimum Gasteiger partial charge on any atom is -0.364 e. The van der Waals surface area contributed by atoms with E-state index in [0.717, 1.165) is 0 Å². The average molecular weight is 309 g/mol. The van der Waals surface area contributed by atoms with Gasteiger partial charge in [0.1, 0.15) is 36.3 Å². The summed E-state index contributed by atoms with van der Waals surface area (Å²) in [5, 5.41) is 0.352. The Balaban J connectivity index is 1.62. The van der Waals surface area contributed by atoms with Crippen LogP contribution in [0, 0.1) is 0 Å². The van der Waals surface area contributed by atoms with E-state index in [-0.39, 0.29) is 30.5 Å². The average Bonchev–Trinajstić information content (AvgIpc) is 2.82. The molecule has 3 fully saturated rings. The molecule has 0 bridgehead atoms. The van der Waals surface area contributed by atoms with Crippen molar-refractivity contribution in [1.82, 2.24) is 19.5 Å². The van der Waals surface area contributed by atoms with E-state index in [1.165, 1.54) is 6.33 Å². The number of rotatable bonds is 1. The van der Waals surface area contributed by atoms with Crippen LogP contribution in [0.15, 0.2) is 12.7 Å². The monoisotopic (exact) mass is 308 g/mol. The lowest BCUT2D eigenvalue weighted by Gasteiger charge is -2.23. The second kappa shape index (κ2) is 3.73. The number of ether oxygens (including phenoxy) is 3. The van der Waals surface area contributed by atoms with Crippen molar-refractivity contribution >= 4 is 22.8 Å². The second-order valence-electron chi connectivity index (χ2n) is 6.11.